The second-order valence-corrected chi connectivity index (χ2v) is 5.98. The number of halogens is 1. The number of rotatable bonds is 2. The van der Waals surface area contributed by atoms with Gasteiger partial charge in [-0.1, -0.05) is 23.8 Å². The summed E-state index contributed by atoms with van der Waals surface area (Å²) in [6, 6.07) is 4.32. The molecule has 1 heterocycles. The van der Waals surface area contributed by atoms with Gasteiger partial charge in [-0.2, -0.15) is 8.75 Å². The van der Waals surface area contributed by atoms with Crippen LogP contribution in [0.15, 0.2) is 24.3 Å². The molecular formula is C13H12ClN3S. The normalized spacial score (nSPS) is 29.3. The van der Waals surface area contributed by atoms with Crippen LogP contribution < -0.4 is 5.32 Å². The van der Waals surface area contributed by atoms with Crippen LogP contribution in [0, 0.1) is 11.8 Å². The van der Waals surface area contributed by atoms with Crippen molar-refractivity contribution in [1.82, 2.24) is 8.75 Å². The second kappa shape index (κ2) is 3.93. The van der Waals surface area contributed by atoms with Gasteiger partial charge in [0.2, 0.25) is 0 Å². The van der Waals surface area contributed by atoms with E-state index in [-0.39, 0.29) is 0 Å². The van der Waals surface area contributed by atoms with Crippen molar-refractivity contribution < 1.29 is 0 Å². The van der Waals surface area contributed by atoms with Crippen LogP contribution in [0.1, 0.15) is 12.8 Å². The minimum atomic E-state index is 0.499. The Morgan fingerprint density at radius 3 is 3.17 bits per heavy atom. The van der Waals surface area contributed by atoms with Crippen molar-refractivity contribution in [1.29, 1.82) is 0 Å². The molecule has 0 saturated heterocycles. The van der Waals surface area contributed by atoms with Gasteiger partial charge in [-0.25, -0.2) is 0 Å². The first-order valence-electron chi connectivity index (χ1n) is 6.17. The summed E-state index contributed by atoms with van der Waals surface area (Å²) < 4.78 is 8.60. The van der Waals surface area contributed by atoms with Crippen LogP contribution in [0.3, 0.4) is 0 Å². The highest BCUT2D eigenvalue weighted by Gasteiger charge is 2.41. The zero-order valence-corrected chi connectivity index (χ0v) is 11.2. The van der Waals surface area contributed by atoms with Gasteiger partial charge in [-0.05, 0) is 30.9 Å². The first kappa shape index (κ1) is 10.8. The van der Waals surface area contributed by atoms with Crippen molar-refractivity contribution in [2.75, 3.05) is 5.32 Å². The van der Waals surface area contributed by atoms with Crippen molar-refractivity contribution >= 4 is 40.0 Å². The Balaban J connectivity index is 1.68. The summed E-state index contributed by atoms with van der Waals surface area (Å²) in [6.07, 6.45) is 7.09. The maximum atomic E-state index is 6.28. The van der Waals surface area contributed by atoms with Crippen LogP contribution in [0.25, 0.3) is 11.0 Å². The molecule has 0 aliphatic heterocycles. The number of hydrogen-bond acceptors (Lipinski definition) is 4. The van der Waals surface area contributed by atoms with Crippen molar-refractivity contribution in [2.24, 2.45) is 11.8 Å². The van der Waals surface area contributed by atoms with E-state index in [1.807, 2.05) is 12.1 Å². The first-order valence-corrected chi connectivity index (χ1v) is 7.28. The lowest BCUT2D eigenvalue weighted by Gasteiger charge is -2.41. The molecule has 0 radical (unpaired) electrons. The van der Waals surface area contributed by atoms with Crippen LogP contribution in [-0.4, -0.2) is 14.8 Å². The molecule has 1 aromatic carbocycles. The van der Waals surface area contributed by atoms with Gasteiger partial charge in [0, 0.05) is 12.0 Å². The molecular weight excluding hydrogens is 266 g/mol. The van der Waals surface area contributed by atoms with Crippen molar-refractivity contribution in [3.63, 3.8) is 0 Å². The zero-order chi connectivity index (χ0) is 12.1. The summed E-state index contributed by atoms with van der Waals surface area (Å²) in [5.41, 5.74) is 2.77. The number of fused-ring (bicyclic) bond motifs is 2. The minimum Gasteiger partial charge on any atom is -0.379 e. The third kappa shape index (κ3) is 1.49. The highest BCUT2D eigenvalue weighted by atomic mass is 35.5. The van der Waals surface area contributed by atoms with Gasteiger partial charge in [0.1, 0.15) is 11.0 Å². The number of hydrogen-bond donors (Lipinski definition) is 1. The molecule has 2 aliphatic rings. The molecule has 0 bridgehead atoms. The third-order valence-electron chi connectivity index (χ3n) is 4.07. The van der Waals surface area contributed by atoms with E-state index >= 15 is 0 Å². The molecule has 92 valence electrons. The third-order valence-corrected chi connectivity index (χ3v) is 4.93. The molecule has 2 aromatic rings. The summed E-state index contributed by atoms with van der Waals surface area (Å²) in [4.78, 5) is 0. The SMILES string of the molecule is Clc1ccc2nsnc2c1NC1CC2CC=CC21. The van der Waals surface area contributed by atoms with Crippen LogP contribution in [0.4, 0.5) is 5.69 Å². The number of nitrogens with one attached hydrogen (secondary N) is 1. The number of nitrogens with zero attached hydrogens (tertiary/aromatic N) is 2. The Bertz CT molecular complexity index is 636. The Morgan fingerprint density at radius 1 is 1.33 bits per heavy atom. The number of allylic oxidation sites excluding steroid dienone is 1. The molecule has 4 rings (SSSR count). The van der Waals surface area contributed by atoms with E-state index in [2.05, 4.69) is 26.2 Å². The van der Waals surface area contributed by atoms with Gasteiger partial charge < -0.3 is 5.32 Å². The molecule has 3 unspecified atom stereocenters. The van der Waals surface area contributed by atoms with Gasteiger partial charge in [0.15, 0.2) is 0 Å². The standard InChI is InChI=1S/C13H12ClN3S/c14-9-4-5-10-13(17-18-16-10)12(9)15-11-6-7-2-1-3-8(7)11/h1,3-5,7-8,11,15H,2,6H2. The average molecular weight is 278 g/mol. The quantitative estimate of drug-likeness (QED) is 0.850. The fourth-order valence-electron chi connectivity index (χ4n) is 3.03. The van der Waals surface area contributed by atoms with E-state index in [0.717, 1.165) is 27.7 Å². The lowest BCUT2D eigenvalue weighted by atomic mass is 9.71. The topological polar surface area (TPSA) is 37.8 Å². The summed E-state index contributed by atoms with van der Waals surface area (Å²) in [6.45, 7) is 0. The fraction of sp³-hybridized carbons (Fsp3) is 0.385. The molecule has 18 heavy (non-hydrogen) atoms. The summed E-state index contributed by atoms with van der Waals surface area (Å²) in [7, 11) is 0. The number of aromatic nitrogens is 2. The first-order chi connectivity index (χ1) is 8.83. The molecule has 1 aromatic heterocycles. The smallest absolute Gasteiger partial charge is 0.129 e. The van der Waals surface area contributed by atoms with E-state index in [1.54, 1.807) is 0 Å². The van der Waals surface area contributed by atoms with Crippen LogP contribution >= 0.6 is 23.3 Å². The fourth-order valence-corrected chi connectivity index (χ4v) is 3.78. The Morgan fingerprint density at radius 2 is 2.28 bits per heavy atom. The molecule has 1 N–H and O–H groups in total. The molecule has 0 spiro atoms. The Hall–Kier alpha value is -1.13. The predicted octanol–water partition coefficient (Wildman–Crippen LogP) is 3.72. The van der Waals surface area contributed by atoms with Crippen LogP contribution in [0.5, 0.6) is 0 Å². The van der Waals surface area contributed by atoms with Crippen LogP contribution in [0.2, 0.25) is 5.02 Å². The lowest BCUT2D eigenvalue weighted by molar-refractivity contribution is 0.218. The number of benzene rings is 1. The average Bonchev–Trinajstić information content (AvgIpc) is 2.94. The highest BCUT2D eigenvalue weighted by Crippen LogP contribution is 2.45. The van der Waals surface area contributed by atoms with Crippen molar-refractivity contribution in [3.05, 3.63) is 29.3 Å². The monoisotopic (exact) mass is 277 g/mol. The van der Waals surface area contributed by atoms with Gasteiger partial charge in [-0.15, -0.1) is 0 Å². The molecule has 5 heteroatoms. The van der Waals surface area contributed by atoms with E-state index in [9.17, 15) is 0 Å². The van der Waals surface area contributed by atoms with Crippen molar-refractivity contribution in [2.45, 2.75) is 18.9 Å². The van der Waals surface area contributed by atoms with E-state index in [1.165, 1.54) is 24.6 Å². The summed E-state index contributed by atoms with van der Waals surface area (Å²) in [5, 5.41) is 4.30. The van der Waals surface area contributed by atoms with Crippen molar-refractivity contribution in [3.8, 4) is 0 Å². The molecule has 1 saturated carbocycles. The van der Waals surface area contributed by atoms with E-state index < -0.39 is 0 Å². The maximum absolute atomic E-state index is 6.28. The molecule has 1 fully saturated rings. The second-order valence-electron chi connectivity index (χ2n) is 5.04. The van der Waals surface area contributed by atoms with Gasteiger partial charge in [-0.3, -0.25) is 0 Å². The Labute approximate surface area is 114 Å². The molecule has 0 amide bonds. The Kier molecular flexibility index (Phi) is 2.35. The summed E-state index contributed by atoms with van der Waals surface area (Å²) >= 11 is 7.52. The van der Waals surface area contributed by atoms with E-state index in [4.69, 9.17) is 11.6 Å². The summed E-state index contributed by atoms with van der Waals surface area (Å²) in [5.74, 6) is 1.51. The largest absolute Gasteiger partial charge is 0.379 e. The van der Waals surface area contributed by atoms with Gasteiger partial charge in [0.05, 0.1) is 22.4 Å². The maximum Gasteiger partial charge on any atom is 0.129 e. The highest BCUT2D eigenvalue weighted by molar-refractivity contribution is 7.00. The number of anilines is 1. The van der Waals surface area contributed by atoms with Crippen LogP contribution in [-0.2, 0) is 0 Å². The van der Waals surface area contributed by atoms with Gasteiger partial charge in [0.25, 0.3) is 0 Å². The molecule has 2 aliphatic carbocycles. The molecule has 3 nitrogen and oxygen atoms in total. The van der Waals surface area contributed by atoms with Gasteiger partial charge >= 0.3 is 0 Å². The molecule has 3 atom stereocenters. The van der Waals surface area contributed by atoms with E-state index in [0.29, 0.717) is 12.0 Å². The predicted molar refractivity (Wildman–Crippen MR) is 75.2 cm³/mol. The zero-order valence-electron chi connectivity index (χ0n) is 9.64. The lowest BCUT2D eigenvalue weighted by Crippen LogP contribution is -2.43. The minimum absolute atomic E-state index is 0.499.